The summed E-state index contributed by atoms with van der Waals surface area (Å²) in [6.07, 6.45) is 19.1. The van der Waals surface area contributed by atoms with Gasteiger partial charge in [-0.2, -0.15) is 0 Å². The van der Waals surface area contributed by atoms with Crippen LogP contribution >= 0.6 is 0 Å². The Balaban J connectivity index is 3.01. The third-order valence-electron chi connectivity index (χ3n) is 4.03. The molecule has 0 bridgehead atoms. The zero-order valence-electron chi connectivity index (χ0n) is 14.2. The third-order valence-corrected chi connectivity index (χ3v) is 4.03. The third kappa shape index (κ3) is 17.4. The summed E-state index contributed by atoms with van der Waals surface area (Å²) in [4.78, 5) is 11.1. The van der Waals surface area contributed by atoms with Crippen LogP contribution in [0.1, 0.15) is 103 Å². The number of amides is 1. The fourth-order valence-corrected chi connectivity index (χ4v) is 2.66. The number of aliphatic hydroxyl groups excluding tert-OH is 1. The molecule has 0 radical (unpaired) electrons. The van der Waals surface area contributed by atoms with E-state index in [2.05, 4.69) is 12.2 Å². The predicted octanol–water partition coefficient (Wildman–Crippen LogP) is 4.92. The number of aliphatic hydroxyl groups is 1. The lowest BCUT2D eigenvalue weighted by molar-refractivity contribution is -0.122. The Morgan fingerprint density at radius 1 is 0.714 bits per heavy atom. The van der Waals surface area contributed by atoms with Gasteiger partial charge in [0.05, 0.1) is 0 Å². The van der Waals surface area contributed by atoms with Crippen molar-refractivity contribution < 1.29 is 9.90 Å². The van der Waals surface area contributed by atoms with E-state index in [0.717, 1.165) is 12.8 Å². The highest BCUT2D eigenvalue weighted by Gasteiger charge is 1.99. The molecular formula is C18H37NO2. The van der Waals surface area contributed by atoms with Gasteiger partial charge in [-0.15, -0.1) is 0 Å². The average molecular weight is 299 g/mol. The van der Waals surface area contributed by atoms with Crippen molar-refractivity contribution in [2.75, 3.05) is 6.73 Å². The molecule has 0 saturated carbocycles. The summed E-state index contributed by atoms with van der Waals surface area (Å²) in [5, 5.41) is 10.9. The SMILES string of the molecule is CCCCCCCCCCCCCCCCC(=O)NCO. The van der Waals surface area contributed by atoms with Gasteiger partial charge in [0.2, 0.25) is 5.91 Å². The van der Waals surface area contributed by atoms with Gasteiger partial charge >= 0.3 is 0 Å². The monoisotopic (exact) mass is 299 g/mol. The van der Waals surface area contributed by atoms with E-state index < -0.39 is 0 Å². The molecule has 0 aromatic heterocycles. The van der Waals surface area contributed by atoms with E-state index in [4.69, 9.17) is 5.11 Å². The fraction of sp³-hybridized carbons (Fsp3) is 0.944. The van der Waals surface area contributed by atoms with Crippen molar-refractivity contribution in [2.45, 2.75) is 103 Å². The summed E-state index contributed by atoms with van der Waals surface area (Å²) < 4.78 is 0. The average Bonchev–Trinajstić information content (AvgIpc) is 2.48. The van der Waals surface area contributed by atoms with Crippen LogP contribution in [0.25, 0.3) is 0 Å². The minimum absolute atomic E-state index is 0.0311. The topological polar surface area (TPSA) is 49.3 Å². The number of nitrogens with one attached hydrogen (secondary N) is 1. The molecule has 0 aliphatic rings. The van der Waals surface area contributed by atoms with Gasteiger partial charge in [-0.1, -0.05) is 90.4 Å². The Bertz CT molecular complexity index is 219. The Morgan fingerprint density at radius 3 is 1.48 bits per heavy atom. The molecule has 1 amide bonds. The van der Waals surface area contributed by atoms with Gasteiger partial charge in [0.25, 0.3) is 0 Å². The second-order valence-electron chi connectivity index (χ2n) is 6.10. The molecule has 0 aromatic rings. The van der Waals surface area contributed by atoms with Gasteiger partial charge in [0, 0.05) is 6.42 Å². The number of hydrogen-bond acceptors (Lipinski definition) is 2. The largest absolute Gasteiger partial charge is 0.377 e. The van der Waals surface area contributed by atoms with Crippen molar-refractivity contribution in [3.8, 4) is 0 Å². The maximum absolute atomic E-state index is 11.1. The van der Waals surface area contributed by atoms with E-state index in [0.29, 0.717) is 6.42 Å². The summed E-state index contributed by atoms with van der Waals surface area (Å²) in [7, 11) is 0. The van der Waals surface area contributed by atoms with E-state index in [-0.39, 0.29) is 12.6 Å². The van der Waals surface area contributed by atoms with Crippen LogP contribution in [0.4, 0.5) is 0 Å². The molecule has 2 N–H and O–H groups in total. The molecule has 0 aliphatic carbocycles. The van der Waals surface area contributed by atoms with Crippen LogP contribution in [-0.4, -0.2) is 17.7 Å². The number of hydrogen-bond donors (Lipinski definition) is 2. The van der Waals surface area contributed by atoms with Gasteiger partial charge in [0.15, 0.2) is 0 Å². The molecule has 0 fully saturated rings. The lowest BCUT2D eigenvalue weighted by Gasteiger charge is -2.03. The van der Waals surface area contributed by atoms with Gasteiger partial charge in [-0.25, -0.2) is 0 Å². The zero-order chi connectivity index (χ0) is 15.6. The van der Waals surface area contributed by atoms with Crippen molar-refractivity contribution in [3.63, 3.8) is 0 Å². The van der Waals surface area contributed by atoms with Crippen molar-refractivity contribution in [2.24, 2.45) is 0 Å². The quantitative estimate of drug-likeness (QED) is 0.314. The predicted molar refractivity (Wildman–Crippen MR) is 90.2 cm³/mol. The molecule has 3 nitrogen and oxygen atoms in total. The molecule has 0 unspecified atom stereocenters. The van der Waals surface area contributed by atoms with Crippen LogP contribution in [-0.2, 0) is 4.79 Å². The van der Waals surface area contributed by atoms with Crippen molar-refractivity contribution in [3.05, 3.63) is 0 Å². The molecule has 21 heavy (non-hydrogen) atoms. The first-order valence-corrected chi connectivity index (χ1v) is 9.18. The Kier molecular flexibility index (Phi) is 17.0. The maximum Gasteiger partial charge on any atom is 0.221 e. The van der Waals surface area contributed by atoms with Gasteiger partial charge in [0.1, 0.15) is 6.73 Å². The van der Waals surface area contributed by atoms with Crippen molar-refractivity contribution in [1.29, 1.82) is 0 Å². The first-order valence-electron chi connectivity index (χ1n) is 9.18. The highest BCUT2D eigenvalue weighted by Crippen LogP contribution is 2.13. The number of unbranched alkanes of at least 4 members (excludes halogenated alkanes) is 13. The van der Waals surface area contributed by atoms with Crippen LogP contribution in [0.15, 0.2) is 0 Å². The highest BCUT2D eigenvalue weighted by atomic mass is 16.3. The van der Waals surface area contributed by atoms with Gasteiger partial charge < -0.3 is 10.4 Å². The van der Waals surface area contributed by atoms with Crippen LogP contribution in [0.2, 0.25) is 0 Å². The van der Waals surface area contributed by atoms with E-state index in [1.54, 1.807) is 0 Å². The minimum atomic E-state index is -0.239. The molecule has 0 spiro atoms. The summed E-state index contributed by atoms with van der Waals surface area (Å²) in [6.45, 7) is 2.03. The molecule has 3 heteroatoms. The standard InChI is InChI=1S/C18H37NO2/c1-2-3-4-5-6-7-8-9-10-11-12-13-14-15-16-18(21)19-17-20/h20H,2-17H2,1H3,(H,19,21). The zero-order valence-corrected chi connectivity index (χ0v) is 14.2. The molecule has 0 saturated heterocycles. The number of carbonyl (C=O) groups is 1. The second-order valence-corrected chi connectivity index (χ2v) is 6.10. The first kappa shape index (κ1) is 20.4. The Hall–Kier alpha value is -0.570. The summed E-state index contributed by atoms with van der Waals surface area (Å²) in [6, 6.07) is 0. The molecule has 0 aliphatic heterocycles. The first-order chi connectivity index (χ1) is 10.3. The molecule has 0 aromatic carbocycles. The Morgan fingerprint density at radius 2 is 1.10 bits per heavy atom. The fourth-order valence-electron chi connectivity index (χ4n) is 2.66. The van der Waals surface area contributed by atoms with E-state index in [1.165, 1.54) is 77.0 Å². The molecular weight excluding hydrogens is 262 g/mol. The second kappa shape index (κ2) is 17.5. The Labute approximate surface area is 131 Å². The molecule has 126 valence electrons. The summed E-state index contributed by atoms with van der Waals surface area (Å²) in [5.74, 6) is -0.0311. The normalized spacial score (nSPS) is 10.8. The van der Waals surface area contributed by atoms with Crippen LogP contribution in [0.5, 0.6) is 0 Å². The molecule has 0 rings (SSSR count). The van der Waals surface area contributed by atoms with Crippen LogP contribution in [0, 0.1) is 0 Å². The summed E-state index contributed by atoms with van der Waals surface area (Å²) >= 11 is 0. The lowest BCUT2D eigenvalue weighted by atomic mass is 10.0. The maximum atomic E-state index is 11.1. The lowest BCUT2D eigenvalue weighted by Crippen LogP contribution is -2.23. The van der Waals surface area contributed by atoms with Crippen molar-refractivity contribution in [1.82, 2.24) is 5.32 Å². The molecule has 0 heterocycles. The van der Waals surface area contributed by atoms with E-state index >= 15 is 0 Å². The smallest absolute Gasteiger partial charge is 0.221 e. The minimum Gasteiger partial charge on any atom is -0.377 e. The van der Waals surface area contributed by atoms with Crippen LogP contribution < -0.4 is 5.32 Å². The summed E-state index contributed by atoms with van der Waals surface area (Å²) in [5.41, 5.74) is 0. The van der Waals surface area contributed by atoms with E-state index in [1.807, 2.05) is 0 Å². The van der Waals surface area contributed by atoms with E-state index in [9.17, 15) is 4.79 Å². The highest BCUT2D eigenvalue weighted by molar-refractivity contribution is 5.75. The van der Waals surface area contributed by atoms with Gasteiger partial charge in [-0.05, 0) is 6.42 Å². The van der Waals surface area contributed by atoms with Crippen LogP contribution in [0.3, 0.4) is 0 Å². The number of rotatable bonds is 16. The van der Waals surface area contributed by atoms with Crippen molar-refractivity contribution >= 4 is 5.91 Å². The number of carbonyl (C=O) groups excluding carboxylic acids is 1. The molecule has 0 atom stereocenters. The van der Waals surface area contributed by atoms with Gasteiger partial charge in [-0.3, -0.25) is 4.79 Å².